The van der Waals surface area contributed by atoms with Gasteiger partial charge in [0.05, 0.1) is 0 Å². The van der Waals surface area contributed by atoms with Gasteiger partial charge in [0.2, 0.25) is 5.82 Å². The number of halogens is 5. The van der Waals surface area contributed by atoms with E-state index in [4.69, 9.17) is 5.73 Å². The van der Waals surface area contributed by atoms with Crippen LogP contribution in [-0.2, 0) is 6.54 Å². The Labute approximate surface area is 107 Å². The highest BCUT2D eigenvalue weighted by atomic mass is 19.2. The van der Waals surface area contributed by atoms with Gasteiger partial charge >= 0.3 is 0 Å². The van der Waals surface area contributed by atoms with E-state index < -0.39 is 34.6 Å². The molecule has 0 radical (unpaired) electrons. The Hall–Kier alpha value is -1.21. The number of benzene rings is 1. The molecule has 0 atom stereocenters. The first-order valence-corrected chi connectivity index (χ1v) is 5.90. The van der Waals surface area contributed by atoms with E-state index in [1.165, 1.54) is 0 Å². The number of hydrogen-bond acceptors (Lipinski definition) is 2. The Bertz CT molecular complexity index is 454. The fraction of sp³-hybridized carbons (Fsp3) is 0.500. The van der Waals surface area contributed by atoms with Crippen molar-refractivity contribution < 1.29 is 22.0 Å². The lowest BCUT2D eigenvalue weighted by Crippen LogP contribution is -2.39. The molecule has 0 spiro atoms. The van der Waals surface area contributed by atoms with E-state index >= 15 is 0 Å². The molecule has 1 heterocycles. The summed E-state index contributed by atoms with van der Waals surface area (Å²) in [5, 5.41) is 0. The van der Waals surface area contributed by atoms with Crippen LogP contribution in [0.15, 0.2) is 0 Å². The lowest BCUT2D eigenvalue weighted by atomic mass is 10.0. The van der Waals surface area contributed by atoms with Crippen molar-refractivity contribution in [3.63, 3.8) is 0 Å². The molecule has 1 fully saturated rings. The monoisotopic (exact) mass is 280 g/mol. The zero-order valence-electron chi connectivity index (χ0n) is 10.0. The predicted molar refractivity (Wildman–Crippen MR) is 58.7 cm³/mol. The molecule has 1 aliphatic heterocycles. The minimum Gasteiger partial charge on any atom is -0.328 e. The van der Waals surface area contributed by atoms with Crippen LogP contribution >= 0.6 is 0 Å². The standard InChI is InChI=1S/C12H13F5N2/c13-8-7(5-19-3-1-6(18)2-4-19)9(14)11(16)12(17)10(8)15/h6H,1-5,18H2. The van der Waals surface area contributed by atoms with Crippen molar-refractivity contribution >= 4 is 0 Å². The van der Waals surface area contributed by atoms with Crippen LogP contribution in [-0.4, -0.2) is 24.0 Å². The molecule has 7 heteroatoms. The lowest BCUT2D eigenvalue weighted by molar-refractivity contribution is 0.198. The van der Waals surface area contributed by atoms with E-state index in [1.807, 2.05) is 0 Å². The highest BCUT2D eigenvalue weighted by Crippen LogP contribution is 2.25. The summed E-state index contributed by atoms with van der Waals surface area (Å²) in [5.41, 5.74) is 4.89. The van der Waals surface area contributed by atoms with E-state index in [1.54, 1.807) is 4.90 Å². The molecule has 0 bridgehead atoms. The third-order valence-corrected chi connectivity index (χ3v) is 3.31. The van der Waals surface area contributed by atoms with Gasteiger partial charge < -0.3 is 5.73 Å². The summed E-state index contributed by atoms with van der Waals surface area (Å²) in [4.78, 5) is 1.63. The zero-order chi connectivity index (χ0) is 14.2. The van der Waals surface area contributed by atoms with Gasteiger partial charge in [-0.15, -0.1) is 0 Å². The van der Waals surface area contributed by atoms with Gasteiger partial charge in [-0.05, 0) is 25.9 Å². The van der Waals surface area contributed by atoms with Gasteiger partial charge in [0, 0.05) is 18.2 Å². The van der Waals surface area contributed by atoms with Gasteiger partial charge in [-0.25, -0.2) is 22.0 Å². The van der Waals surface area contributed by atoms with E-state index in [0.717, 1.165) is 0 Å². The maximum atomic E-state index is 13.5. The number of rotatable bonds is 2. The second-order valence-corrected chi connectivity index (χ2v) is 4.66. The molecule has 19 heavy (non-hydrogen) atoms. The van der Waals surface area contributed by atoms with Crippen LogP contribution in [0.4, 0.5) is 22.0 Å². The quantitative estimate of drug-likeness (QED) is 0.512. The van der Waals surface area contributed by atoms with Crippen molar-refractivity contribution in [2.24, 2.45) is 5.73 Å². The number of hydrogen-bond donors (Lipinski definition) is 1. The van der Waals surface area contributed by atoms with Crippen molar-refractivity contribution in [2.45, 2.75) is 25.4 Å². The van der Waals surface area contributed by atoms with Crippen molar-refractivity contribution in [2.75, 3.05) is 13.1 Å². The van der Waals surface area contributed by atoms with Crippen LogP contribution in [0.2, 0.25) is 0 Å². The molecular formula is C12H13F5N2. The molecule has 1 aliphatic rings. The number of likely N-dealkylation sites (tertiary alicyclic amines) is 1. The van der Waals surface area contributed by atoms with Crippen LogP contribution < -0.4 is 5.73 Å². The van der Waals surface area contributed by atoms with Gasteiger partial charge in [0.1, 0.15) is 0 Å². The highest BCUT2D eigenvalue weighted by Gasteiger charge is 2.27. The summed E-state index contributed by atoms with van der Waals surface area (Å²) in [7, 11) is 0. The van der Waals surface area contributed by atoms with Crippen molar-refractivity contribution in [1.82, 2.24) is 4.90 Å². The molecule has 1 saturated heterocycles. The van der Waals surface area contributed by atoms with Crippen LogP contribution in [0.1, 0.15) is 18.4 Å². The van der Waals surface area contributed by atoms with Gasteiger partial charge in [0.25, 0.3) is 0 Å². The average molecular weight is 280 g/mol. The molecule has 2 N–H and O–H groups in total. The molecule has 106 valence electrons. The first kappa shape index (κ1) is 14.2. The van der Waals surface area contributed by atoms with Crippen LogP contribution in [0.3, 0.4) is 0 Å². The predicted octanol–water partition coefficient (Wildman–Crippen LogP) is 2.31. The average Bonchev–Trinajstić information content (AvgIpc) is 2.41. The zero-order valence-corrected chi connectivity index (χ0v) is 10.0. The molecule has 0 unspecified atom stereocenters. The van der Waals surface area contributed by atoms with Crippen LogP contribution in [0.25, 0.3) is 0 Å². The van der Waals surface area contributed by atoms with Gasteiger partial charge in [-0.3, -0.25) is 4.90 Å². The Balaban J connectivity index is 2.25. The second kappa shape index (κ2) is 5.42. The van der Waals surface area contributed by atoms with E-state index in [9.17, 15) is 22.0 Å². The van der Waals surface area contributed by atoms with Gasteiger partial charge in [0.15, 0.2) is 23.3 Å². The molecule has 0 saturated carbocycles. The Morgan fingerprint density at radius 3 is 1.74 bits per heavy atom. The fourth-order valence-corrected chi connectivity index (χ4v) is 2.12. The normalized spacial score (nSPS) is 18.0. The topological polar surface area (TPSA) is 29.3 Å². The Morgan fingerprint density at radius 1 is 0.842 bits per heavy atom. The molecule has 2 nitrogen and oxygen atoms in total. The summed E-state index contributed by atoms with van der Waals surface area (Å²) in [5.74, 6) is -9.44. The first-order chi connectivity index (χ1) is 8.91. The largest absolute Gasteiger partial charge is 0.328 e. The first-order valence-electron chi connectivity index (χ1n) is 5.90. The van der Waals surface area contributed by atoms with E-state index in [2.05, 4.69) is 0 Å². The second-order valence-electron chi connectivity index (χ2n) is 4.66. The minimum atomic E-state index is -2.13. The third kappa shape index (κ3) is 2.71. The fourth-order valence-electron chi connectivity index (χ4n) is 2.12. The van der Waals surface area contributed by atoms with Crippen molar-refractivity contribution in [1.29, 1.82) is 0 Å². The van der Waals surface area contributed by atoms with Crippen LogP contribution in [0, 0.1) is 29.1 Å². The molecule has 2 rings (SSSR count). The third-order valence-electron chi connectivity index (χ3n) is 3.31. The van der Waals surface area contributed by atoms with Gasteiger partial charge in [-0.1, -0.05) is 0 Å². The molecule has 0 amide bonds. The Kier molecular flexibility index (Phi) is 4.05. The van der Waals surface area contributed by atoms with E-state index in [-0.39, 0.29) is 12.6 Å². The van der Waals surface area contributed by atoms with Crippen molar-refractivity contribution in [3.05, 3.63) is 34.6 Å². The van der Waals surface area contributed by atoms with Crippen LogP contribution in [0.5, 0.6) is 0 Å². The maximum Gasteiger partial charge on any atom is 0.200 e. The summed E-state index contributed by atoms with van der Waals surface area (Å²) in [6, 6.07) is 0.0210. The molecular weight excluding hydrogens is 267 g/mol. The highest BCUT2D eigenvalue weighted by molar-refractivity contribution is 5.24. The molecule has 1 aromatic carbocycles. The summed E-state index contributed by atoms with van der Waals surface area (Å²) < 4.78 is 65.8. The number of nitrogens with two attached hydrogens (primary N) is 1. The Morgan fingerprint density at radius 2 is 1.26 bits per heavy atom. The molecule has 0 aliphatic carbocycles. The molecule has 1 aromatic rings. The lowest BCUT2D eigenvalue weighted by Gasteiger charge is -2.30. The van der Waals surface area contributed by atoms with E-state index in [0.29, 0.717) is 25.9 Å². The molecule has 0 aromatic heterocycles. The number of piperidine rings is 1. The van der Waals surface area contributed by atoms with Gasteiger partial charge in [-0.2, -0.15) is 0 Å². The SMILES string of the molecule is NC1CCN(Cc2c(F)c(F)c(F)c(F)c2F)CC1. The maximum absolute atomic E-state index is 13.5. The number of nitrogens with zero attached hydrogens (tertiary/aromatic N) is 1. The summed E-state index contributed by atoms with van der Waals surface area (Å²) in [6.07, 6.45) is 1.27. The van der Waals surface area contributed by atoms with Crippen molar-refractivity contribution in [3.8, 4) is 0 Å². The summed E-state index contributed by atoms with van der Waals surface area (Å²) in [6.45, 7) is 0.639. The minimum absolute atomic E-state index is 0.0210. The summed E-state index contributed by atoms with van der Waals surface area (Å²) >= 11 is 0. The smallest absolute Gasteiger partial charge is 0.200 e.